The number of hydrogen-bond acceptors (Lipinski definition) is 5. The van der Waals surface area contributed by atoms with Crippen molar-refractivity contribution >= 4 is 23.4 Å². The van der Waals surface area contributed by atoms with Gasteiger partial charge in [-0.2, -0.15) is 0 Å². The van der Waals surface area contributed by atoms with Crippen molar-refractivity contribution in [2.24, 2.45) is 0 Å². The van der Waals surface area contributed by atoms with E-state index in [4.69, 9.17) is 0 Å². The van der Waals surface area contributed by atoms with Gasteiger partial charge in [-0.15, -0.1) is 10.2 Å². The Kier molecular flexibility index (Phi) is 5.68. The molecular weight excluding hydrogens is 346 g/mol. The smallest absolute Gasteiger partial charge is 0.240 e. The standard InChI is InChI=1S/C19H21N5OS/c1-4-24-17(15-10-12-20-13-11-15)21-22-19(24)26-14(2)18(25)23(3)16-8-6-5-7-9-16/h5-14H,4H2,1-3H3/t14-/m1/s1. The van der Waals surface area contributed by atoms with Gasteiger partial charge in [0.2, 0.25) is 5.91 Å². The Balaban J connectivity index is 1.78. The number of hydrogen-bond donors (Lipinski definition) is 0. The van der Waals surface area contributed by atoms with Gasteiger partial charge < -0.3 is 9.47 Å². The summed E-state index contributed by atoms with van der Waals surface area (Å²) in [7, 11) is 1.79. The van der Waals surface area contributed by atoms with Gasteiger partial charge in [-0.25, -0.2) is 0 Å². The molecule has 1 aromatic carbocycles. The molecule has 134 valence electrons. The average molecular weight is 367 g/mol. The molecule has 0 N–H and O–H groups in total. The Morgan fingerprint density at radius 3 is 2.50 bits per heavy atom. The quantitative estimate of drug-likeness (QED) is 0.624. The van der Waals surface area contributed by atoms with E-state index < -0.39 is 0 Å². The number of carbonyl (C=O) groups is 1. The summed E-state index contributed by atoms with van der Waals surface area (Å²) in [6, 6.07) is 13.4. The second-order valence-electron chi connectivity index (χ2n) is 5.78. The average Bonchev–Trinajstić information content (AvgIpc) is 3.10. The third-order valence-electron chi connectivity index (χ3n) is 4.08. The number of amides is 1. The molecule has 0 fully saturated rings. The van der Waals surface area contributed by atoms with Gasteiger partial charge in [0, 0.05) is 37.2 Å². The maximum absolute atomic E-state index is 12.8. The normalized spacial score (nSPS) is 12.0. The lowest BCUT2D eigenvalue weighted by Crippen LogP contribution is -2.33. The van der Waals surface area contributed by atoms with Crippen molar-refractivity contribution in [3.63, 3.8) is 0 Å². The maximum atomic E-state index is 12.8. The van der Waals surface area contributed by atoms with E-state index in [0.717, 1.165) is 28.8 Å². The van der Waals surface area contributed by atoms with E-state index >= 15 is 0 Å². The number of aromatic nitrogens is 4. The highest BCUT2D eigenvalue weighted by molar-refractivity contribution is 8.00. The van der Waals surface area contributed by atoms with Gasteiger partial charge in [0.1, 0.15) is 0 Å². The molecule has 1 amide bonds. The zero-order valence-corrected chi connectivity index (χ0v) is 15.8. The molecule has 6 nitrogen and oxygen atoms in total. The highest BCUT2D eigenvalue weighted by atomic mass is 32.2. The fraction of sp³-hybridized carbons (Fsp3) is 0.263. The molecule has 0 radical (unpaired) electrons. The largest absolute Gasteiger partial charge is 0.315 e. The second-order valence-corrected chi connectivity index (χ2v) is 7.09. The fourth-order valence-corrected chi connectivity index (χ4v) is 3.64. The number of rotatable bonds is 6. The fourth-order valence-electron chi connectivity index (χ4n) is 2.64. The first-order chi connectivity index (χ1) is 12.6. The third-order valence-corrected chi connectivity index (χ3v) is 5.14. The Labute approximate surface area is 157 Å². The summed E-state index contributed by atoms with van der Waals surface area (Å²) in [5, 5.41) is 9.07. The first-order valence-electron chi connectivity index (χ1n) is 8.44. The molecule has 1 atom stereocenters. The minimum atomic E-state index is -0.278. The van der Waals surface area contributed by atoms with Crippen LogP contribution in [0.2, 0.25) is 0 Å². The predicted molar refractivity (Wildman–Crippen MR) is 104 cm³/mol. The van der Waals surface area contributed by atoms with Gasteiger partial charge in [-0.1, -0.05) is 30.0 Å². The van der Waals surface area contributed by atoms with Crippen LogP contribution in [0.3, 0.4) is 0 Å². The van der Waals surface area contributed by atoms with Gasteiger partial charge in [0.05, 0.1) is 5.25 Å². The van der Waals surface area contributed by atoms with Crippen molar-refractivity contribution in [3.05, 3.63) is 54.9 Å². The molecule has 2 aromatic heterocycles. The van der Waals surface area contributed by atoms with Crippen LogP contribution in [0.25, 0.3) is 11.4 Å². The number of benzene rings is 1. The summed E-state index contributed by atoms with van der Waals surface area (Å²) in [6.45, 7) is 4.66. The zero-order valence-electron chi connectivity index (χ0n) is 15.0. The molecule has 26 heavy (non-hydrogen) atoms. The molecule has 7 heteroatoms. The lowest BCUT2D eigenvalue weighted by molar-refractivity contribution is -0.117. The van der Waals surface area contributed by atoms with Crippen LogP contribution in [-0.2, 0) is 11.3 Å². The van der Waals surface area contributed by atoms with Crippen LogP contribution in [0.1, 0.15) is 13.8 Å². The van der Waals surface area contributed by atoms with Crippen LogP contribution in [0, 0.1) is 0 Å². The summed E-state index contributed by atoms with van der Waals surface area (Å²) in [5.41, 5.74) is 1.83. The van der Waals surface area contributed by atoms with Gasteiger partial charge in [-0.05, 0) is 38.1 Å². The highest BCUT2D eigenvalue weighted by Crippen LogP contribution is 2.28. The van der Waals surface area contributed by atoms with Crippen LogP contribution in [0.15, 0.2) is 60.0 Å². The topological polar surface area (TPSA) is 63.9 Å². The summed E-state index contributed by atoms with van der Waals surface area (Å²) in [4.78, 5) is 18.5. The number of carbonyl (C=O) groups excluding carboxylic acids is 1. The monoisotopic (exact) mass is 367 g/mol. The van der Waals surface area contributed by atoms with Crippen molar-refractivity contribution in [1.82, 2.24) is 19.7 Å². The molecule has 0 unspecified atom stereocenters. The van der Waals surface area contributed by atoms with E-state index in [0.29, 0.717) is 0 Å². The number of anilines is 1. The van der Waals surface area contributed by atoms with Crippen LogP contribution < -0.4 is 4.90 Å². The van der Waals surface area contributed by atoms with E-state index in [2.05, 4.69) is 15.2 Å². The SMILES string of the molecule is CCn1c(S[C@H](C)C(=O)N(C)c2ccccc2)nnc1-c1ccncc1. The third kappa shape index (κ3) is 3.77. The van der Waals surface area contributed by atoms with Gasteiger partial charge in [-0.3, -0.25) is 9.78 Å². The zero-order chi connectivity index (χ0) is 18.5. The van der Waals surface area contributed by atoms with Crippen LogP contribution in [0.4, 0.5) is 5.69 Å². The molecule has 0 aliphatic rings. The Bertz CT molecular complexity index is 866. The minimum absolute atomic E-state index is 0.0253. The molecular formula is C19H21N5OS. The lowest BCUT2D eigenvalue weighted by atomic mass is 10.2. The van der Waals surface area contributed by atoms with E-state index in [1.165, 1.54) is 11.8 Å². The van der Waals surface area contributed by atoms with E-state index in [1.54, 1.807) is 24.3 Å². The lowest BCUT2D eigenvalue weighted by Gasteiger charge is -2.21. The van der Waals surface area contributed by atoms with Crippen LogP contribution in [-0.4, -0.2) is 38.0 Å². The van der Waals surface area contributed by atoms with E-state index in [1.807, 2.05) is 60.9 Å². The number of pyridine rings is 1. The molecule has 0 saturated heterocycles. The Morgan fingerprint density at radius 2 is 1.85 bits per heavy atom. The van der Waals surface area contributed by atoms with Crippen molar-refractivity contribution in [3.8, 4) is 11.4 Å². The molecule has 0 bridgehead atoms. The Hall–Kier alpha value is -2.67. The van der Waals surface area contributed by atoms with Crippen molar-refractivity contribution in [2.45, 2.75) is 30.8 Å². The first kappa shape index (κ1) is 18.1. The molecule has 3 aromatic rings. The molecule has 0 saturated carbocycles. The molecule has 0 aliphatic carbocycles. The summed E-state index contributed by atoms with van der Waals surface area (Å²) < 4.78 is 2.02. The molecule has 0 aliphatic heterocycles. The molecule has 3 rings (SSSR count). The van der Waals surface area contributed by atoms with Crippen molar-refractivity contribution in [2.75, 3.05) is 11.9 Å². The number of nitrogens with zero attached hydrogens (tertiary/aromatic N) is 5. The summed E-state index contributed by atoms with van der Waals surface area (Å²) in [5.74, 6) is 0.811. The minimum Gasteiger partial charge on any atom is -0.315 e. The van der Waals surface area contributed by atoms with Gasteiger partial charge in [0.25, 0.3) is 0 Å². The Morgan fingerprint density at radius 1 is 1.15 bits per heavy atom. The highest BCUT2D eigenvalue weighted by Gasteiger charge is 2.23. The number of para-hydroxylation sites is 1. The van der Waals surface area contributed by atoms with Crippen molar-refractivity contribution < 1.29 is 4.79 Å². The van der Waals surface area contributed by atoms with Crippen LogP contribution >= 0.6 is 11.8 Å². The van der Waals surface area contributed by atoms with Crippen LogP contribution in [0.5, 0.6) is 0 Å². The first-order valence-corrected chi connectivity index (χ1v) is 9.32. The molecule has 2 heterocycles. The predicted octanol–water partition coefficient (Wildman–Crippen LogP) is 3.50. The number of thioether (sulfide) groups is 1. The summed E-state index contributed by atoms with van der Waals surface area (Å²) in [6.07, 6.45) is 3.47. The molecule has 0 spiro atoms. The maximum Gasteiger partial charge on any atom is 0.240 e. The van der Waals surface area contributed by atoms with Gasteiger partial charge >= 0.3 is 0 Å². The summed E-state index contributed by atoms with van der Waals surface area (Å²) >= 11 is 1.42. The van der Waals surface area contributed by atoms with E-state index in [9.17, 15) is 4.79 Å². The van der Waals surface area contributed by atoms with E-state index in [-0.39, 0.29) is 11.2 Å². The van der Waals surface area contributed by atoms with Crippen molar-refractivity contribution in [1.29, 1.82) is 0 Å². The second kappa shape index (κ2) is 8.14. The van der Waals surface area contributed by atoms with Gasteiger partial charge in [0.15, 0.2) is 11.0 Å².